The molecule has 2 aliphatic heterocycles. The molecule has 6 aromatic rings. The van der Waals surface area contributed by atoms with Crippen LogP contribution in [-0.4, -0.2) is 103 Å². The zero-order chi connectivity index (χ0) is 38.9. The molecule has 0 atom stereocenters. The van der Waals surface area contributed by atoms with E-state index in [-0.39, 0.29) is 44.2 Å². The van der Waals surface area contributed by atoms with Crippen LogP contribution in [0.25, 0.3) is 32.3 Å². The minimum atomic E-state index is -3.36. The topological polar surface area (TPSA) is 186 Å². The zero-order valence-corrected chi connectivity index (χ0v) is 36.9. The van der Waals surface area contributed by atoms with Crippen molar-refractivity contribution >= 4 is 55.3 Å². The number of aromatic nitrogens is 6. The first-order valence-electron chi connectivity index (χ1n) is 18.6. The molecule has 298 valence electrons. The van der Waals surface area contributed by atoms with Crippen molar-refractivity contribution < 1.29 is 52.9 Å². The first kappa shape index (κ1) is 42.7. The molecule has 6 heterocycles. The van der Waals surface area contributed by atoms with Crippen LogP contribution >= 0.6 is 22.7 Å². The van der Waals surface area contributed by atoms with Gasteiger partial charge in [0.1, 0.15) is 21.7 Å². The second-order valence-electron chi connectivity index (χ2n) is 13.9. The van der Waals surface area contributed by atoms with Gasteiger partial charge < -0.3 is 24.7 Å². The number of nitrogens with zero attached hydrogens (tertiary/aromatic N) is 7. The summed E-state index contributed by atoms with van der Waals surface area (Å²) in [6, 6.07) is 24.7. The van der Waals surface area contributed by atoms with Crippen molar-refractivity contribution in [1.82, 2.24) is 30.4 Å². The van der Waals surface area contributed by atoms with E-state index in [1.54, 1.807) is 0 Å². The minimum absolute atomic E-state index is 0. The molecule has 0 unspecified atom stereocenters. The first-order valence-corrected chi connectivity index (χ1v) is 22.2. The van der Waals surface area contributed by atoms with Gasteiger partial charge in [0, 0.05) is 54.7 Å². The number of H-pyrrole nitrogens is 1. The molecule has 2 aliphatic carbocycles. The Morgan fingerprint density at radius 3 is 1.64 bits per heavy atom. The van der Waals surface area contributed by atoms with Crippen LogP contribution in [0.2, 0.25) is 0 Å². The Morgan fingerprint density at radius 1 is 0.678 bits per heavy atom. The summed E-state index contributed by atoms with van der Waals surface area (Å²) in [5.41, 5.74) is 10.7. The monoisotopic (exact) mass is 858 g/mol. The summed E-state index contributed by atoms with van der Waals surface area (Å²) >= 11 is 2.22. The van der Waals surface area contributed by atoms with Crippen molar-refractivity contribution in [2.75, 3.05) is 68.7 Å². The van der Waals surface area contributed by atoms with Gasteiger partial charge in [-0.15, -0.1) is 10.2 Å². The summed E-state index contributed by atoms with van der Waals surface area (Å²) in [6.45, 7) is 6.35. The Hall–Kier alpha value is -4.43. The van der Waals surface area contributed by atoms with E-state index in [2.05, 4.69) is 84.8 Å². The fourth-order valence-corrected chi connectivity index (χ4v) is 9.53. The SMILES string of the molecule is CS(=O)(=O)c1nnc(-c2ccc3c(c2)C(c2cccc(N4CCOCC4)n2)=CC3)s1.O=c1[nH]nc(-c2ccc3c(c2)C(c2cccc(N4CCOCC4)n2)=CC3)s1.[Na+].[OH-]. The number of benzene rings is 2. The van der Waals surface area contributed by atoms with Gasteiger partial charge in [-0.05, 0) is 71.5 Å². The Morgan fingerprint density at radius 2 is 1.19 bits per heavy atom. The molecule has 4 aliphatic rings. The van der Waals surface area contributed by atoms with Crippen molar-refractivity contribution in [2.24, 2.45) is 0 Å². The molecule has 0 bridgehead atoms. The number of nitrogens with one attached hydrogen (secondary N) is 1. The molecular weight excluding hydrogens is 820 g/mol. The van der Waals surface area contributed by atoms with Crippen LogP contribution < -0.4 is 44.2 Å². The zero-order valence-electron chi connectivity index (χ0n) is 32.5. The summed E-state index contributed by atoms with van der Waals surface area (Å²) in [7, 11) is -3.36. The van der Waals surface area contributed by atoms with E-state index in [1.165, 1.54) is 16.7 Å². The number of allylic oxidation sites excluding steroid dienone is 2. The van der Waals surface area contributed by atoms with Crippen LogP contribution in [0.5, 0.6) is 0 Å². The number of morpholine rings is 2. The predicted octanol–water partition coefficient (Wildman–Crippen LogP) is 2.37. The van der Waals surface area contributed by atoms with E-state index < -0.39 is 9.84 Å². The molecule has 2 N–H and O–H groups in total. The van der Waals surface area contributed by atoms with Crippen LogP contribution in [-0.2, 0) is 32.2 Å². The van der Waals surface area contributed by atoms with Gasteiger partial charge in [0.25, 0.3) is 0 Å². The number of anilines is 2. The average Bonchev–Trinajstić information content (AvgIpc) is 4.08. The summed E-state index contributed by atoms with van der Waals surface area (Å²) < 4.78 is 34.4. The number of ether oxygens (including phenoxy) is 2. The summed E-state index contributed by atoms with van der Waals surface area (Å²) in [6.07, 6.45) is 7.31. The van der Waals surface area contributed by atoms with Crippen LogP contribution in [0, 0.1) is 0 Å². The second kappa shape index (κ2) is 18.5. The molecular formula is C41H39N8NaO6S3. The fraction of sp³-hybridized carbons (Fsp3) is 0.268. The van der Waals surface area contributed by atoms with E-state index in [1.807, 2.05) is 30.3 Å². The van der Waals surface area contributed by atoms with Gasteiger partial charge in [-0.1, -0.05) is 71.2 Å². The molecule has 0 spiro atoms. The van der Waals surface area contributed by atoms with Crippen LogP contribution in [0.1, 0.15) is 33.6 Å². The Bertz CT molecular complexity index is 2700. The number of hydrogen-bond acceptors (Lipinski definition) is 15. The fourth-order valence-electron chi connectivity index (χ4n) is 7.32. The molecule has 0 saturated carbocycles. The molecule has 2 fully saturated rings. The van der Waals surface area contributed by atoms with Crippen molar-refractivity contribution in [1.29, 1.82) is 0 Å². The smallest absolute Gasteiger partial charge is 0.870 e. The van der Waals surface area contributed by atoms with Gasteiger partial charge in [-0.3, -0.25) is 4.79 Å². The van der Waals surface area contributed by atoms with Gasteiger partial charge in [0.15, 0.2) is 0 Å². The normalized spacial score (nSPS) is 15.8. The van der Waals surface area contributed by atoms with Gasteiger partial charge in [-0.2, -0.15) is 5.10 Å². The quantitative estimate of drug-likeness (QED) is 0.231. The molecule has 2 aromatic carbocycles. The number of rotatable bonds is 7. The third-order valence-corrected chi connectivity index (χ3v) is 13.6. The first-order chi connectivity index (χ1) is 27.8. The second-order valence-corrected chi connectivity index (χ2v) is 18.0. The minimum Gasteiger partial charge on any atom is -0.870 e. The molecule has 0 radical (unpaired) electrons. The standard InChI is InChI=1S/C21H20N4O3S2.C20H18N4O2S.Na.H2O/c1-30(26,27)21-24-23-20(29-21)15-6-5-14-7-8-16(17(14)13-15)18-3-2-4-19(22-18)25-9-11-28-12-10-25;25-20-23-22-19(27-20)14-5-4-13-6-7-15(16(13)12-14)17-2-1-3-18(21-17)24-8-10-26-11-9-24;;/h2-6,8,13H,7,9-12H2,1H3;1-5,7,12H,6,8-11H2,(H,23,25);;1H2/q;;+1;/p-1. The van der Waals surface area contributed by atoms with Gasteiger partial charge in [-0.25, -0.2) is 23.5 Å². The molecule has 10 rings (SSSR count). The van der Waals surface area contributed by atoms with Crippen LogP contribution in [0.4, 0.5) is 11.6 Å². The third-order valence-electron chi connectivity index (χ3n) is 10.2. The number of fused-ring (bicyclic) bond motifs is 2. The predicted molar refractivity (Wildman–Crippen MR) is 225 cm³/mol. The van der Waals surface area contributed by atoms with Crippen molar-refractivity contribution in [3.8, 4) is 21.1 Å². The Kier molecular flexibility index (Phi) is 13.4. The molecule has 2 saturated heterocycles. The van der Waals surface area contributed by atoms with E-state index in [9.17, 15) is 13.2 Å². The number of pyridine rings is 2. The maximum Gasteiger partial charge on any atom is 1.00 e. The van der Waals surface area contributed by atoms with E-state index in [0.717, 1.165) is 145 Å². The maximum atomic E-state index is 11.7. The molecule has 0 amide bonds. The maximum absolute atomic E-state index is 11.7. The van der Waals surface area contributed by atoms with Gasteiger partial charge in [0.05, 0.1) is 37.8 Å². The Labute approximate surface area is 371 Å². The largest absolute Gasteiger partial charge is 1.00 e. The molecule has 14 nitrogen and oxygen atoms in total. The van der Waals surface area contributed by atoms with Crippen molar-refractivity contribution in [3.05, 3.63) is 128 Å². The number of sulfone groups is 1. The van der Waals surface area contributed by atoms with Gasteiger partial charge in [0.2, 0.25) is 14.2 Å². The van der Waals surface area contributed by atoms with Crippen molar-refractivity contribution in [3.63, 3.8) is 0 Å². The number of aromatic amines is 1. The third kappa shape index (κ3) is 9.33. The molecule has 18 heteroatoms. The van der Waals surface area contributed by atoms with E-state index >= 15 is 0 Å². The molecule has 59 heavy (non-hydrogen) atoms. The molecule has 4 aromatic heterocycles. The van der Waals surface area contributed by atoms with E-state index in [0.29, 0.717) is 10.0 Å². The van der Waals surface area contributed by atoms with Gasteiger partial charge >= 0.3 is 34.4 Å². The summed E-state index contributed by atoms with van der Waals surface area (Å²) in [5, 5.41) is 15.8. The van der Waals surface area contributed by atoms with E-state index in [4.69, 9.17) is 19.4 Å². The Balaban J connectivity index is 0.000000174. The summed E-state index contributed by atoms with van der Waals surface area (Å²) in [5.74, 6) is 1.95. The van der Waals surface area contributed by atoms with Crippen LogP contribution in [0.3, 0.4) is 0 Å². The average molecular weight is 859 g/mol. The van der Waals surface area contributed by atoms with Crippen LogP contribution in [0.15, 0.2) is 94.1 Å². The van der Waals surface area contributed by atoms with Crippen molar-refractivity contribution in [2.45, 2.75) is 17.2 Å². The number of hydrogen-bond donors (Lipinski definition) is 1. The summed E-state index contributed by atoms with van der Waals surface area (Å²) in [4.78, 5) is 25.6.